The third-order valence-corrected chi connectivity index (χ3v) is 7.23. The Labute approximate surface area is 216 Å². The molecule has 0 aromatic heterocycles. The number of benzene rings is 2. The maximum absolute atomic E-state index is 13.4. The molecule has 0 aliphatic heterocycles. The number of rotatable bonds is 10. The number of sulfonamides is 1. The fourth-order valence-corrected chi connectivity index (χ4v) is 4.91. The van der Waals surface area contributed by atoms with Crippen LogP contribution in [0.2, 0.25) is 0 Å². The molecule has 2 amide bonds. The van der Waals surface area contributed by atoms with Crippen LogP contribution >= 0.6 is 0 Å². The summed E-state index contributed by atoms with van der Waals surface area (Å²) in [6.07, 6.45) is 1.62. The molecule has 1 atom stereocenters. The van der Waals surface area contributed by atoms with Crippen molar-refractivity contribution in [1.29, 1.82) is 0 Å². The first-order chi connectivity index (χ1) is 16.6. The highest BCUT2D eigenvalue weighted by Crippen LogP contribution is 2.22. The van der Waals surface area contributed by atoms with Crippen LogP contribution in [0.15, 0.2) is 42.5 Å². The SMILES string of the molecule is Cc1cccc(CN(C(=O)CCCN(c2ccc(C)c(C)c2)S(C)(=O)=O)C(C)C(=O)NC(C)(C)C)c1. The van der Waals surface area contributed by atoms with Gasteiger partial charge in [-0.25, -0.2) is 8.42 Å². The van der Waals surface area contributed by atoms with Crippen molar-refractivity contribution >= 4 is 27.5 Å². The second-order valence-electron chi connectivity index (χ2n) is 10.6. The molecular formula is C28H41N3O4S. The summed E-state index contributed by atoms with van der Waals surface area (Å²) in [4.78, 5) is 27.9. The zero-order valence-corrected chi connectivity index (χ0v) is 23.7. The summed E-state index contributed by atoms with van der Waals surface area (Å²) in [5.41, 5.74) is 4.25. The van der Waals surface area contributed by atoms with Crippen molar-refractivity contribution in [3.05, 3.63) is 64.7 Å². The molecule has 0 aliphatic rings. The molecule has 0 fully saturated rings. The van der Waals surface area contributed by atoms with E-state index in [-0.39, 0.29) is 24.8 Å². The summed E-state index contributed by atoms with van der Waals surface area (Å²) in [6, 6.07) is 12.7. The molecule has 0 saturated carbocycles. The van der Waals surface area contributed by atoms with Gasteiger partial charge in [0.1, 0.15) is 6.04 Å². The maximum atomic E-state index is 13.4. The number of carbonyl (C=O) groups excluding carboxylic acids is 2. The van der Waals surface area contributed by atoms with Crippen LogP contribution in [0.3, 0.4) is 0 Å². The van der Waals surface area contributed by atoms with Gasteiger partial charge in [-0.2, -0.15) is 0 Å². The molecule has 7 nitrogen and oxygen atoms in total. The van der Waals surface area contributed by atoms with E-state index in [9.17, 15) is 18.0 Å². The molecule has 0 bridgehead atoms. The second-order valence-corrected chi connectivity index (χ2v) is 12.5. The smallest absolute Gasteiger partial charge is 0.242 e. The van der Waals surface area contributed by atoms with Gasteiger partial charge in [0.05, 0.1) is 11.9 Å². The van der Waals surface area contributed by atoms with Crippen LogP contribution in [0.5, 0.6) is 0 Å². The van der Waals surface area contributed by atoms with Gasteiger partial charge in [0, 0.05) is 25.0 Å². The van der Waals surface area contributed by atoms with Crippen LogP contribution in [0, 0.1) is 20.8 Å². The van der Waals surface area contributed by atoms with Crippen LogP contribution in [0.1, 0.15) is 62.8 Å². The van der Waals surface area contributed by atoms with E-state index in [0.29, 0.717) is 18.7 Å². The Balaban J connectivity index is 2.21. The topological polar surface area (TPSA) is 86.8 Å². The third-order valence-electron chi connectivity index (χ3n) is 6.03. The zero-order chi connectivity index (χ0) is 27.3. The quantitative estimate of drug-likeness (QED) is 0.505. The van der Waals surface area contributed by atoms with Crippen molar-refractivity contribution in [2.45, 2.75) is 79.4 Å². The second kappa shape index (κ2) is 11.9. The molecule has 0 spiro atoms. The number of amides is 2. The Kier molecular flexibility index (Phi) is 9.71. The van der Waals surface area contributed by atoms with Gasteiger partial charge in [-0.15, -0.1) is 0 Å². The average Bonchev–Trinajstić information content (AvgIpc) is 2.74. The number of nitrogens with one attached hydrogen (secondary N) is 1. The molecule has 0 radical (unpaired) electrons. The molecule has 0 heterocycles. The van der Waals surface area contributed by atoms with Crippen LogP contribution in [-0.2, 0) is 26.2 Å². The Morgan fingerprint density at radius 1 is 1.00 bits per heavy atom. The lowest BCUT2D eigenvalue weighted by atomic mass is 10.1. The molecule has 0 saturated heterocycles. The van der Waals surface area contributed by atoms with Crippen molar-refractivity contribution in [3.8, 4) is 0 Å². The predicted molar refractivity (Wildman–Crippen MR) is 146 cm³/mol. The van der Waals surface area contributed by atoms with Crippen molar-refractivity contribution in [1.82, 2.24) is 10.2 Å². The van der Waals surface area contributed by atoms with Crippen LogP contribution in [-0.4, -0.2) is 49.5 Å². The average molecular weight is 516 g/mol. The van der Waals surface area contributed by atoms with E-state index in [2.05, 4.69) is 5.32 Å². The number of hydrogen-bond acceptors (Lipinski definition) is 4. The van der Waals surface area contributed by atoms with Gasteiger partial charge < -0.3 is 10.2 Å². The van der Waals surface area contributed by atoms with Crippen LogP contribution in [0.4, 0.5) is 5.69 Å². The van der Waals surface area contributed by atoms with Crippen molar-refractivity contribution < 1.29 is 18.0 Å². The van der Waals surface area contributed by atoms with Crippen molar-refractivity contribution in [2.24, 2.45) is 0 Å². The number of nitrogens with zero attached hydrogens (tertiary/aromatic N) is 2. The molecule has 198 valence electrons. The van der Waals surface area contributed by atoms with E-state index in [1.807, 2.05) is 77.9 Å². The number of anilines is 1. The standard InChI is InChI=1S/C28H41N3O4S/c1-20-11-9-12-24(17-20)19-30(23(4)27(33)29-28(5,6)7)26(32)13-10-16-31(36(8,34)35)25-15-14-21(2)22(3)18-25/h9,11-12,14-15,17-18,23H,10,13,16,19H2,1-8H3,(H,29,33). The molecular weight excluding hydrogens is 474 g/mol. The summed E-state index contributed by atoms with van der Waals surface area (Å²) < 4.78 is 26.4. The summed E-state index contributed by atoms with van der Waals surface area (Å²) in [5, 5.41) is 2.96. The molecule has 0 aliphatic carbocycles. The minimum atomic E-state index is -3.52. The lowest BCUT2D eigenvalue weighted by molar-refractivity contribution is -0.141. The molecule has 2 aromatic carbocycles. The van der Waals surface area contributed by atoms with Gasteiger partial charge >= 0.3 is 0 Å². The predicted octanol–water partition coefficient (Wildman–Crippen LogP) is 4.49. The molecule has 36 heavy (non-hydrogen) atoms. The highest BCUT2D eigenvalue weighted by Gasteiger charge is 2.28. The first-order valence-corrected chi connectivity index (χ1v) is 14.2. The van der Waals surface area contributed by atoms with Gasteiger partial charge in [-0.1, -0.05) is 35.9 Å². The minimum Gasteiger partial charge on any atom is -0.350 e. The normalized spacial score (nSPS) is 12.7. The Morgan fingerprint density at radius 3 is 2.22 bits per heavy atom. The van der Waals surface area contributed by atoms with Gasteiger partial charge in [0.15, 0.2) is 0 Å². The molecule has 2 rings (SSSR count). The highest BCUT2D eigenvalue weighted by atomic mass is 32.2. The summed E-state index contributed by atoms with van der Waals surface area (Å²) in [7, 11) is -3.52. The largest absolute Gasteiger partial charge is 0.350 e. The summed E-state index contributed by atoms with van der Waals surface area (Å²) >= 11 is 0. The number of hydrogen-bond donors (Lipinski definition) is 1. The maximum Gasteiger partial charge on any atom is 0.242 e. The fraction of sp³-hybridized carbons (Fsp3) is 0.500. The molecule has 8 heteroatoms. The van der Waals surface area contributed by atoms with Gasteiger partial charge in [0.25, 0.3) is 0 Å². The van der Waals surface area contributed by atoms with Crippen LogP contribution < -0.4 is 9.62 Å². The lowest BCUT2D eigenvalue weighted by Crippen LogP contribution is -2.52. The van der Waals surface area contributed by atoms with Crippen molar-refractivity contribution in [2.75, 3.05) is 17.1 Å². The number of carbonyl (C=O) groups is 2. The molecule has 1 N–H and O–H groups in total. The molecule has 2 aromatic rings. The Bertz CT molecular complexity index is 1190. The Morgan fingerprint density at radius 2 is 1.67 bits per heavy atom. The van der Waals surface area contributed by atoms with Gasteiger partial charge in [-0.05, 0) is 83.7 Å². The van der Waals surface area contributed by atoms with Gasteiger partial charge in [-0.3, -0.25) is 13.9 Å². The first-order valence-electron chi connectivity index (χ1n) is 12.3. The first kappa shape index (κ1) is 29.4. The minimum absolute atomic E-state index is 0.121. The highest BCUT2D eigenvalue weighted by molar-refractivity contribution is 7.92. The summed E-state index contributed by atoms with van der Waals surface area (Å²) in [6.45, 7) is 13.8. The van der Waals surface area contributed by atoms with E-state index >= 15 is 0 Å². The van der Waals surface area contributed by atoms with E-state index in [1.165, 1.54) is 10.6 Å². The van der Waals surface area contributed by atoms with Crippen molar-refractivity contribution in [3.63, 3.8) is 0 Å². The zero-order valence-electron chi connectivity index (χ0n) is 22.9. The van der Waals surface area contributed by atoms with Crippen LogP contribution in [0.25, 0.3) is 0 Å². The van der Waals surface area contributed by atoms with E-state index < -0.39 is 21.6 Å². The Hall–Kier alpha value is -2.87. The molecule has 1 unspecified atom stereocenters. The van der Waals surface area contributed by atoms with E-state index in [0.717, 1.165) is 22.3 Å². The van der Waals surface area contributed by atoms with E-state index in [1.54, 1.807) is 17.9 Å². The summed E-state index contributed by atoms with van der Waals surface area (Å²) in [5.74, 6) is -0.419. The monoisotopic (exact) mass is 515 g/mol. The lowest BCUT2D eigenvalue weighted by Gasteiger charge is -2.32. The third kappa shape index (κ3) is 8.66. The van der Waals surface area contributed by atoms with E-state index in [4.69, 9.17) is 0 Å². The number of aryl methyl sites for hydroxylation is 3. The fourth-order valence-electron chi connectivity index (χ4n) is 3.95. The van der Waals surface area contributed by atoms with Gasteiger partial charge in [0.2, 0.25) is 21.8 Å².